The predicted molar refractivity (Wildman–Crippen MR) is 83.0 cm³/mol. The van der Waals surface area contributed by atoms with Crippen LogP contribution in [0.1, 0.15) is 26.3 Å². The van der Waals surface area contributed by atoms with Gasteiger partial charge >= 0.3 is 12.1 Å². The van der Waals surface area contributed by atoms with Crippen molar-refractivity contribution in [1.82, 2.24) is 10.9 Å². The number of ether oxygens (including phenoxy) is 2. The normalized spacial score (nSPS) is 11.9. The van der Waals surface area contributed by atoms with Gasteiger partial charge in [-0.15, -0.1) is 0 Å². The third-order valence-corrected chi connectivity index (χ3v) is 2.59. The van der Waals surface area contributed by atoms with Gasteiger partial charge in [0.25, 0.3) is 0 Å². The second-order valence-corrected chi connectivity index (χ2v) is 5.78. The maximum atomic E-state index is 12.0. The lowest BCUT2D eigenvalue weighted by Gasteiger charge is -2.22. The number of hydrazine groups is 1. The molecule has 0 bridgehead atoms. The third kappa shape index (κ3) is 7.83. The Bertz CT molecular complexity index is 561. The van der Waals surface area contributed by atoms with Gasteiger partial charge in [0.2, 0.25) is 0 Å². The topological polar surface area (TPSA) is 100 Å². The molecule has 0 heterocycles. The third-order valence-electron chi connectivity index (χ3n) is 2.59. The summed E-state index contributed by atoms with van der Waals surface area (Å²) in [5, 5.41) is 8.50. The Labute approximate surface area is 135 Å². The van der Waals surface area contributed by atoms with Gasteiger partial charge in [-0.2, -0.15) is 5.26 Å². The number of carbonyl (C=O) groups is 2. The Balaban J connectivity index is 2.66. The van der Waals surface area contributed by atoms with Gasteiger partial charge in [0.05, 0.1) is 0 Å². The highest BCUT2D eigenvalue weighted by atomic mass is 16.6. The average molecular weight is 319 g/mol. The van der Waals surface area contributed by atoms with Crippen LogP contribution in [-0.4, -0.2) is 30.3 Å². The van der Waals surface area contributed by atoms with E-state index in [0.717, 1.165) is 5.56 Å². The number of carbonyl (C=O) groups excluding carboxylic acids is 2. The largest absolute Gasteiger partial charge is 0.449 e. The van der Waals surface area contributed by atoms with Gasteiger partial charge in [0, 0.05) is 6.42 Å². The van der Waals surface area contributed by atoms with E-state index < -0.39 is 23.7 Å². The lowest BCUT2D eigenvalue weighted by Crippen LogP contribution is -2.51. The molecule has 23 heavy (non-hydrogen) atoms. The molecule has 0 aliphatic rings. The summed E-state index contributed by atoms with van der Waals surface area (Å²) in [5.74, 6) is -0.633. The molecule has 1 aromatic rings. The number of esters is 1. The lowest BCUT2D eigenvalue weighted by molar-refractivity contribution is -0.145. The number of hydrogen-bond acceptors (Lipinski definition) is 6. The smallest absolute Gasteiger partial charge is 0.422 e. The van der Waals surface area contributed by atoms with E-state index in [2.05, 4.69) is 10.9 Å². The molecule has 1 aromatic carbocycles. The molecule has 124 valence electrons. The highest BCUT2D eigenvalue weighted by molar-refractivity contribution is 5.77. The minimum Gasteiger partial charge on any atom is -0.449 e. The number of nitrogens with zero attached hydrogens (tertiary/aromatic N) is 1. The number of amides is 1. The average Bonchev–Trinajstić information content (AvgIpc) is 2.48. The fraction of sp³-hybridized carbons (Fsp3) is 0.438. The van der Waals surface area contributed by atoms with E-state index in [1.807, 2.05) is 30.3 Å². The van der Waals surface area contributed by atoms with Gasteiger partial charge in [-0.05, 0) is 26.3 Å². The van der Waals surface area contributed by atoms with Crippen molar-refractivity contribution >= 4 is 12.1 Å². The minimum atomic E-state index is -0.835. The van der Waals surface area contributed by atoms with Crippen LogP contribution in [-0.2, 0) is 20.7 Å². The van der Waals surface area contributed by atoms with Crippen molar-refractivity contribution in [3.63, 3.8) is 0 Å². The molecule has 0 radical (unpaired) electrons. The zero-order valence-electron chi connectivity index (χ0n) is 13.5. The summed E-state index contributed by atoms with van der Waals surface area (Å²) < 4.78 is 9.89. The Morgan fingerprint density at radius 1 is 1.26 bits per heavy atom. The molecule has 1 amide bonds. The van der Waals surface area contributed by atoms with Crippen molar-refractivity contribution in [2.45, 2.75) is 38.8 Å². The van der Waals surface area contributed by atoms with Crippen LogP contribution >= 0.6 is 0 Å². The van der Waals surface area contributed by atoms with E-state index in [4.69, 9.17) is 14.7 Å². The van der Waals surface area contributed by atoms with E-state index >= 15 is 0 Å². The number of nitrogens with one attached hydrogen (secondary N) is 2. The van der Waals surface area contributed by atoms with Crippen molar-refractivity contribution in [3.05, 3.63) is 35.9 Å². The first kappa shape index (κ1) is 18.5. The Kier molecular flexibility index (Phi) is 7.03. The second-order valence-electron chi connectivity index (χ2n) is 5.78. The van der Waals surface area contributed by atoms with Gasteiger partial charge in [0.15, 0.2) is 6.61 Å². The maximum absolute atomic E-state index is 12.0. The summed E-state index contributed by atoms with van der Waals surface area (Å²) >= 11 is 0. The van der Waals surface area contributed by atoms with Crippen LogP contribution in [0.25, 0.3) is 0 Å². The summed E-state index contributed by atoms with van der Waals surface area (Å²) in [6.07, 6.45) is -0.412. The zero-order valence-corrected chi connectivity index (χ0v) is 13.5. The predicted octanol–water partition coefficient (Wildman–Crippen LogP) is 1.69. The zero-order chi connectivity index (χ0) is 17.3. The van der Waals surface area contributed by atoms with Crippen molar-refractivity contribution in [3.8, 4) is 6.07 Å². The summed E-state index contributed by atoms with van der Waals surface area (Å²) in [4.78, 5) is 23.6. The fourth-order valence-corrected chi connectivity index (χ4v) is 1.70. The molecule has 7 heteroatoms. The van der Waals surface area contributed by atoms with Gasteiger partial charge in [-0.3, -0.25) is 10.2 Å². The van der Waals surface area contributed by atoms with E-state index in [9.17, 15) is 9.59 Å². The highest BCUT2D eigenvalue weighted by Gasteiger charge is 2.23. The minimum absolute atomic E-state index is 0.293. The number of rotatable bonds is 6. The molecule has 0 saturated heterocycles. The van der Waals surface area contributed by atoms with E-state index in [1.54, 1.807) is 26.8 Å². The van der Waals surface area contributed by atoms with Crippen LogP contribution in [0.15, 0.2) is 30.3 Å². The van der Waals surface area contributed by atoms with Gasteiger partial charge < -0.3 is 9.47 Å². The molecule has 0 spiro atoms. The molecule has 0 fully saturated rings. The van der Waals surface area contributed by atoms with Crippen LogP contribution in [0, 0.1) is 11.3 Å². The molecular weight excluding hydrogens is 298 g/mol. The van der Waals surface area contributed by atoms with Crippen molar-refractivity contribution in [2.75, 3.05) is 6.61 Å². The molecule has 0 aromatic heterocycles. The van der Waals surface area contributed by atoms with E-state index in [1.165, 1.54) is 0 Å². The maximum Gasteiger partial charge on any atom is 0.422 e. The van der Waals surface area contributed by atoms with E-state index in [0.29, 0.717) is 6.42 Å². The summed E-state index contributed by atoms with van der Waals surface area (Å²) in [6.45, 7) is 4.85. The molecule has 2 N–H and O–H groups in total. The molecule has 1 rings (SSSR count). The standard InChI is InChI=1S/C16H21N3O4/c1-16(2,3)23-15(21)19-18-13(14(20)22-10-9-17)11-12-7-5-4-6-8-12/h4-8,13,18H,10-11H2,1-3H3,(H,19,21)/t13-/m0/s1. The fourth-order valence-electron chi connectivity index (χ4n) is 1.70. The molecule has 0 saturated carbocycles. The lowest BCUT2D eigenvalue weighted by atomic mass is 10.1. The van der Waals surface area contributed by atoms with Crippen LogP contribution in [0.3, 0.4) is 0 Å². The monoisotopic (exact) mass is 319 g/mol. The van der Waals surface area contributed by atoms with Gasteiger partial charge in [-0.1, -0.05) is 30.3 Å². The van der Waals surface area contributed by atoms with Crippen molar-refractivity contribution in [2.24, 2.45) is 0 Å². The van der Waals surface area contributed by atoms with Crippen LogP contribution < -0.4 is 10.9 Å². The summed E-state index contributed by atoms with van der Waals surface area (Å²) in [6, 6.07) is 10.1. The van der Waals surface area contributed by atoms with Crippen molar-refractivity contribution < 1.29 is 19.1 Å². The van der Waals surface area contributed by atoms with Gasteiger partial charge in [0.1, 0.15) is 17.7 Å². The Hall–Kier alpha value is -2.59. The summed E-state index contributed by atoms with van der Waals surface area (Å²) in [5.41, 5.74) is 5.14. The number of hydrogen-bond donors (Lipinski definition) is 2. The molecule has 0 aliphatic carbocycles. The first-order chi connectivity index (χ1) is 10.8. The SMILES string of the molecule is CC(C)(C)OC(=O)NN[C@@H](Cc1ccccc1)C(=O)OCC#N. The van der Waals surface area contributed by atoms with Crippen molar-refractivity contribution in [1.29, 1.82) is 5.26 Å². The van der Waals surface area contributed by atoms with Crippen LogP contribution in [0.5, 0.6) is 0 Å². The van der Waals surface area contributed by atoms with Crippen LogP contribution in [0.2, 0.25) is 0 Å². The highest BCUT2D eigenvalue weighted by Crippen LogP contribution is 2.07. The molecule has 1 atom stereocenters. The van der Waals surface area contributed by atoms with Gasteiger partial charge in [-0.25, -0.2) is 10.2 Å². The molecule has 0 unspecified atom stereocenters. The molecular formula is C16H21N3O4. The summed E-state index contributed by atoms with van der Waals surface area (Å²) in [7, 11) is 0. The quantitative estimate of drug-likeness (QED) is 0.611. The number of nitriles is 1. The Morgan fingerprint density at radius 2 is 1.91 bits per heavy atom. The Morgan fingerprint density at radius 3 is 2.48 bits per heavy atom. The first-order valence-corrected chi connectivity index (χ1v) is 7.14. The molecule has 7 nitrogen and oxygen atoms in total. The first-order valence-electron chi connectivity index (χ1n) is 7.14. The second kappa shape index (κ2) is 8.76. The molecule has 0 aliphatic heterocycles. The van der Waals surface area contributed by atoms with E-state index in [-0.39, 0.29) is 6.61 Å². The number of benzene rings is 1. The van der Waals surface area contributed by atoms with Crippen LogP contribution in [0.4, 0.5) is 4.79 Å².